The van der Waals surface area contributed by atoms with E-state index in [9.17, 15) is 14.0 Å². The number of carboxylic acids is 1. The number of halogens is 1. The van der Waals surface area contributed by atoms with Crippen LogP contribution in [0.2, 0.25) is 0 Å². The van der Waals surface area contributed by atoms with Crippen LogP contribution in [0, 0.1) is 19.7 Å². The van der Waals surface area contributed by atoms with Crippen LogP contribution < -0.4 is 5.32 Å². The molecule has 0 saturated carbocycles. The maximum Gasteiger partial charge on any atom is 0.338 e. The second kappa shape index (κ2) is 8.03. The number of aromatic nitrogens is 4. The van der Waals surface area contributed by atoms with Crippen LogP contribution in [0.3, 0.4) is 0 Å². The lowest BCUT2D eigenvalue weighted by Gasteiger charge is -2.08. The Morgan fingerprint density at radius 1 is 1.29 bits per heavy atom. The third-order valence-corrected chi connectivity index (χ3v) is 4.32. The molecule has 0 bridgehead atoms. The summed E-state index contributed by atoms with van der Waals surface area (Å²) in [6.07, 6.45) is 2.75. The fraction of sp³-hybridized carbons (Fsp3) is 0.263. The number of rotatable bonds is 7. The molecule has 0 saturated heterocycles. The van der Waals surface area contributed by atoms with E-state index in [2.05, 4.69) is 15.5 Å². The van der Waals surface area contributed by atoms with Crippen molar-refractivity contribution in [1.82, 2.24) is 19.6 Å². The van der Waals surface area contributed by atoms with Crippen LogP contribution in [0.25, 0.3) is 0 Å². The fourth-order valence-electron chi connectivity index (χ4n) is 2.85. The predicted octanol–water partition coefficient (Wildman–Crippen LogP) is 2.61. The predicted molar refractivity (Wildman–Crippen MR) is 99.6 cm³/mol. The molecule has 0 radical (unpaired) electrons. The molecule has 3 rings (SSSR count). The van der Waals surface area contributed by atoms with Gasteiger partial charge in [0, 0.05) is 19.2 Å². The average molecular weight is 385 g/mol. The standard InChI is InChI=1S/C19H20FN5O3/c1-12-18(13(2)25(23-12)10-14-4-3-5-16(20)8-14)22-17(26)6-7-24-11-15(9-21-24)19(27)28/h3-5,8-9,11H,6-7,10H2,1-2H3,(H,22,26)(H,27,28). The Hall–Kier alpha value is -3.49. The smallest absolute Gasteiger partial charge is 0.338 e. The van der Waals surface area contributed by atoms with E-state index >= 15 is 0 Å². The SMILES string of the molecule is Cc1nn(Cc2cccc(F)c2)c(C)c1NC(=O)CCn1cc(C(=O)O)cn1. The monoisotopic (exact) mass is 385 g/mol. The second-order valence-corrected chi connectivity index (χ2v) is 6.43. The van der Waals surface area contributed by atoms with E-state index < -0.39 is 5.97 Å². The van der Waals surface area contributed by atoms with Gasteiger partial charge in [-0.15, -0.1) is 0 Å². The minimum Gasteiger partial charge on any atom is -0.478 e. The molecule has 8 nitrogen and oxygen atoms in total. The van der Waals surface area contributed by atoms with Gasteiger partial charge in [-0.25, -0.2) is 9.18 Å². The summed E-state index contributed by atoms with van der Waals surface area (Å²) in [6.45, 7) is 4.28. The maximum absolute atomic E-state index is 13.4. The number of carbonyl (C=O) groups is 2. The van der Waals surface area contributed by atoms with Crippen molar-refractivity contribution in [3.8, 4) is 0 Å². The van der Waals surface area contributed by atoms with E-state index in [4.69, 9.17) is 5.11 Å². The third-order valence-electron chi connectivity index (χ3n) is 4.32. The molecule has 1 amide bonds. The van der Waals surface area contributed by atoms with Gasteiger partial charge in [0.1, 0.15) is 5.82 Å². The maximum atomic E-state index is 13.4. The largest absolute Gasteiger partial charge is 0.478 e. The van der Waals surface area contributed by atoms with Crippen LogP contribution in [-0.2, 0) is 17.9 Å². The first-order valence-corrected chi connectivity index (χ1v) is 8.67. The first-order valence-electron chi connectivity index (χ1n) is 8.67. The van der Waals surface area contributed by atoms with Gasteiger partial charge in [-0.2, -0.15) is 10.2 Å². The molecular formula is C19H20FN5O3. The highest BCUT2D eigenvalue weighted by Crippen LogP contribution is 2.21. The number of amides is 1. The lowest BCUT2D eigenvalue weighted by atomic mass is 10.2. The summed E-state index contributed by atoms with van der Waals surface area (Å²) >= 11 is 0. The van der Waals surface area contributed by atoms with Crippen LogP contribution in [0.15, 0.2) is 36.7 Å². The molecular weight excluding hydrogens is 365 g/mol. The number of aryl methyl sites for hydroxylation is 2. The van der Waals surface area contributed by atoms with Crippen LogP contribution in [0.1, 0.15) is 33.7 Å². The summed E-state index contributed by atoms with van der Waals surface area (Å²) in [4.78, 5) is 23.1. The number of nitrogens with one attached hydrogen (secondary N) is 1. The van der Waals surface area contributed by atoms with Crippen LogP contribution in [0.4, 0.5) is 10.1 Å². The van der Waals surface area contributed by atoms with Gasteiger partial charge < -0.3 is 10.4 Å². The van der Waals surface area contributed by atoms with Crippen molar-refractivity contribution < 1.29 is 19.1 Å². The Morgan fingerprint density at radius 2 is 2.07 bits per heavy atom. The molecule has 146 valence electrons. The molecule has 28 heavy (non-hydrogen) atoms. The van der Waals surface area contributed by atoms with E-state index in [0.29, 0.717) is 17.9 Å². The van der Waals surface area contributed by atoms with Gasteiger partial charge in [0.2, 0.25) is 5.91 Å². The number of aromatic carboxylic acids is 1. The van der Waals surface area contributed by atoms with E-state index in [1.54, 1.807) is 17.7 Å². The van der Waals surface area contributed by atoms with E-state index in [-0.39, 0.29) is 30.3 Å². The molecule has 0 aliphatic rings. The molecule has 0 fully saturated rings. The lowest BCUT2D eigenvalue weighted by molar-refractivity contribution is -0.116. The molecule has 0 unspecified atom stereocenters. The Labute approximate surface area is 160 Å². The highest BCUT2D eigenvalue weighted by atomic mass is 19.1. The van der Waals surface area contributed by atoms with Crippen LogP contribution in [-0.4, -0.2) is 36.5 Å². The first-order chi connectivity index (χ1) is 13.3. The molecule has 0 spiro atoms. The number of hydrogen-bond donors (Lipinski definition) is 2. The number of nitrogens with zero attached hydrogens (tertiary/aromatic N) is 4. The second-order valence-electron chi connectivity index (χ2n) is 6.43. The quantitative estimate of drug-likeness (QED) is 0.651. The fourth-order valence-corrected chi connectivity index (χ4v) is 2.85. The van der Waals surface area contributed by atoms with E-state index in [0.717, 1.165) is 11.3 Å². The zero-order valence-corrected chi connectivity index (χ0v) is 15.5. The summed E-state index contributed by atoms with van der Waals surface area (Å²) in [5.74, 6) is -1.60. The number of hydrogen-bond acceptors (Lipinski definition) is 4. The Balaban J connectivity index is 1.64. The summed E-state index contributed by atoms with van der Waals surface area (Å²) in [5.41, 5.74) is 2.90. The van der Waals surface area contributed by atoms with Gasteiger partial charge in [-0.3, -0.25) is 14.2 Å². The number of anilines is 1. The van der Waals surface area contributed by atoms with Gasteiger partial charge in [0.25, 0.3) is 0 Å². The molecule has 2 N–H and O–H groups in total. The van der Waals surface area contributed by atoms with E-state index in [1.165, 1.54) is 29.2 Å². The molecule has 3 aromatic rings. The highest BCUT2D eigenvalue weighted by Gasteiger charge is 2.15. The van der Waals surface area contributed by atoms with Gasteiger partial charge in [0.15, 0.2) is 0 Å². The number of carbonyl (C=O) groups excluding carboxylic acids is 1. The van der Waals surface area contributed by atoms with Crippen LogP contribution >= 0.6 is 0 Å². The van der Waals surface area contributed by atoms with Crippen molar-refractivity contribution in [2.24, 2.45) is 0 Å². The van der Waals surface area contributed by atoms with Gasteiger partial charge in [-0.1, -0.05) is 12.1 Å². The minimum atomic E-state index is -1.06. The molecule has 9 heteroatoms. The summed E-state index contributed by atoms with van der Waals surface area (Å²) in [6, 6.07) is 6.29. The minimum absolute atomic E-state index is 0.0747. The van der Waals surface area contributed by atoms with Crippen molar-refractivity contribution in [1.29, 1.82) is 0 Å². The first kappa shape index (κ1) is 19.3. The Kier molecular flexibility index (Phi) is 5.53. The zero-order chi connectivity index (χ0) is 20.3. The average Bonchev–Trinajstić information content (AvgIpc) is 3.21. The number of benzene rings is 1. The van der Waals surface area contributed by atoms with Crippen molar-refractivity contribution in [3.63, 3.8) is 0 Å². The van der Waals surface area contributed by atoms with E-state index in [1.807, 2.05) is 13.0 Å². The van der Waals surface area contributed by atoms with Crippen molar-refractivity contribution in [2.75, 3.05) is 5.32 Å². The topological polar surface area (TPSA) is 102 Å². The van der Waals surface area contributed by atoms with Gasteiger partial charge in [0.05, 0.1) is 35.4 Å². The van der Waals surface area contributed by atoms with Crippen molar-refractivity contribution >= 4 is 17.6 Å². The Morgan fingerprint density at radius 3 is 2.75 bits per heavy atom. The van der Waals surface area contributed by atoms with Crippen molar-refractivity contribution in [3.05, 3.63) is 65.0 Å². The highest BCUT2D eigenvalue weighted by molar-refractivity contribution is 5.91. The van der Waals surface area contributed by atoms with Crippen LogP contribution in [0.5, 0.6) is 0 Å². The molecule has 2 aromatic heterocycles. The normalized spacial score (nSPS) is 10.8. The molecule has 0 aliphatic carbocycles. The molecule has 0 atom stereocenters. The summed E-state index contributed by atoms with van der Waals surface area (Å²) < 4.78 is 16.5. The molecule has 1 aromatic carbocycles. The van der Waals surface area contributed by atoms with Gasteiger partial charge >= 0.3 is 5.97 Å². The Bertz CT molecular complexity index is 1020. The number of carboxylic acid groups (broad SMARTS) is 1. The van der Waals surface area contributed by atoms with Gasteiger partial charge in [-0.05, 0) is 31.5 Å². The lowest BCUT2D eigenvalue weighted by Crippen LogP contribution is -2.16. The third kappa shape index (κ3) is 4.43. The zero-order valence-electron chi connectivity index (χ0n) is 15.5. The van der Waals surface area contributed by atoms with Crippen molar-refractivity contribution in [2.45, 2.75) is 33.4 Å². The molecule has 0 aliphatic heterocycles. The summed E-state index contributed by atoms with van der Waals surface area (Å²) in [5, 5.41) is 20.1. The summed E-state index contributed by atoms with van der Waals surface area (Å²) in [7, 11) is 0. The molecule has 2 heterocycles.